The minimum atomic E-state index is -0.120. The summed E-state index contributed by atoms with van der Waals surface area (Å²) in [6.07, 6.45) is 3.72. The van der Waals surface area contributed by atoms with E-state index in [0.29, 0.717) is 12.5 Å². The maximum atomic E-state index is 11.2. The lowest BCUT2D eigenvalue weighted by Gasteiger charge is -2.10. The van der Waals surface area contributed by atoms with E-state index in [4.69, 9.17) is 0 Å². The normalized spacial score (nSPS) is 25.5. The highest BCUT2D eigenvalue weighted by Gasteiger charge is 2.22. The Morgan fingerprint density at radius 3 is 2.87 bits per heavy atom. The van der Waals surface area contributed by atoms with Gasteiger partial charge in [0.2, 0.25) is 5.91 Å². The van der Waals surface area contributed by atoms with Crippen LogP contribution in [0.4, 0.5) is 0 Å². The van der Waals surface area contributed by atoms with Crippen LogP contribution in [0.2, 0.25) is 0 Å². The van der Waals surface area contributed by atoms with E-state index in [0.717, 1.165) is 38.8 Å². The average Bonchev–Trinajstić information content (AvgIpc) is 2.61. The van der Waals surface area contributed by atoms with E-state index in [1.807, 2.05) is 6.92 Å². The third kappa shape index (κ3) is 5.14. The zero-order chi connectivity index (χ0) is 11.1. The lowest BCUT2D eigenvalue weighted by Crippen LogP contribution is -2.36. The number of hydrogen-bond donors (Lipinski definition) is 3. The molecule has 0 radical (unpaired) electrons. The fourth-order valence-corrected chi connectivity index (χ4v) is 1.95. The summed E-state index contributed by atoms with van der Waals surface area (Å²) in [6.45, 7) is 4.03. The van der Waals surface area contributed by atoms with Gasteiger partial charge in [-0.2, -0.15) is 0 Å². The fraction of sp³-hybridized carbons (Fsp3) is 0.909. The van der Waals surface area contributed by atoms with E-state index >= 15 is 0 Å². The van der Waals surface area contributed by atoms with Crippen LogP contribution in [0.25, 0.3) is 0 Å². The summed E-state index contributed by atoms with van der Waals surface area (Å²) in [5, 5.41) is 15.3. The number of carbonyl (C=O) groups excluding carboxylic acids is 1. The van der Waals surface area contributed by atoms with Crippen LogP contribution in [-0.2, 0) is 4.79 Å². The molecule has 1 fully saturated rings. The van der Waals surface area contributed by atoms with Crippen molar-refractivity contribution in [3.05, 3.63) is 0 Å². The molecule has 0 aromatic heterocycles. The van der Waals surface area contributed by atoms with Gasteiger partial charge < -0.3 is 15.7 Å². The molecule has 1 saturated carbocycles. The predicted molar refractivity (Wildman–Crippen MR) is 59.5 cm³/mol. The van der Waals surface area contributed by atoms with Gasteiger partial charge in [-0.1, -0.05) is 6.92 Å². The van der Waals surface area contributed by atoms with Crippen LogP contribution in [0.3, 0.4) is 0 Å². The highest BCUT2D eigenvalue weighted by molar-refractivity contribution is 5.77. The number of rotatable bonds is 6. The molecular weight excluding hydrogens is 192 g/mol. The van der Waals surface area contributed by atoms with Crippen LogP contribution in [0, 0.1) is 5.92 Å². The molecule has 0 spiro atoms. The topological polar surface area (TPSA) is 61.4 Å². The van der Waals surface area contributed by atoms with E-state index in [1.54, 1.807) is 0 Å². The van der Waals surface area contributed by atoms with E-state index in [9.17, 15) is 9.90 Å². The van der Waals surface area contributed by atoms with Crippen molar-refractivity contribution < 1.29 is 9.90 Å². The van der Waals surface area contributed by atoms with Crippen LogP contribution in [0.1, 0.15) is 32.6 Å². The van der Waals surface area contributed by atoms with Crippen molar-refractivity contribution in [1.82, 2.24) is 10.6 Å². The minimum Gasteiger partial charge on any atom is -0.393 e. The zero-order valence-corrected chi connectivity index (χ0v) is 9.46. The van der Waals surface area contributed by atoms with Crippen molar-refractivity contribution in [3.63, 3.8) is 0 Å². The lowest BCUT2D eigenvalue weighted by molar-refractivity contribution is -0.120. The SMILES string of the molecule is CCCNC(=O)CNCC1CCC(O)C1. The van der Waals surface area contributed by atoms with E-state index in [2.05, 4.69) is 10.6 Å². The Morgan fingerprint density at radius 2 is 2.27 bits per heavy atom. The van der Waals surface area contributed by atoms with Crippen LogP contribution in [-0.4, -0.2) is 36.8 Å². The Morgan fingerprint density at radius 1 is 1.47 bits per heavy atom. The molecule has 88 valence electrons. The molecule has 0 aromatic rings. The van der Waals surface area contributed by atoms with Crippen molar-refractivity contribution >= 4 is 5.91 Å². The second-order valence-electron chi connectivity index (χ2n) is 4.31. The number of aliphatic hydroxyl groups excluding tert-OH is 1. The second kappa shape index (κ2) is 6.80. The number of amides is 1. The van der Waals surface area contributed by atoms with E-state index in [-0.39, 0.29) is 12.0 Å². The van der Waals surface area contributed by atoms with Crippen molar-refractivity contribution in [1.29, 1.82) is 0 Å². The molecule has 0 aliphatic heterocycles. The van der Waals surface area contributed by atoms with Gasteiger partial charge in [0.05, 0.1) is 12.6 Å². The minimum absolute atomic E-state index is 0.0652. The monoisotopic (exact) mass is 214 g/mol. The summed E-state index contributed by atoms with van der Waals surface area (Å²) in [7, 11) is 0. The van der Waals surface area contributed by atoms with Gasteiger partial charge in [-0.15, -0.1) is 0 Å². The molecule has 1 rings (SSSR count). The third-order valence-electron chi connectivity index (χ3n) is 2.80. The Balaban J connectivity index is 1.98. The summed E-state index contributed by atoms with van der Waals surface area (Å²) in [4.78, 5) is 11.2. The zero-order valence-electron chi connectivity index (χ0n) is 9.46. The standard InChI is InChI=1S/C11H22N2O2/c1-2-5-13-11(15)8-12-7-9-3-4-10(14)6-9/h9-10,12,14H,2-8H2,1H3,(H,13,15). The molecule has 2 unspecified atom stereocenters. The predicted octanol–water partition coefficient (Wildman–Crippen LogP) is 0.263. The molecule has 4 heteroatoms. The maximum absolute atomic E-state index is 11.2. The fourth-order valence-electron chi connectivity index (χ4n) is 1.95. The third-order valence-corrected chi connectivity index (χ3v) is 2.80. The van der Waals surface area contributed by atoms with Gasteiger partial charge in [-0.3, -0.25) is 4.79 Å². The van der Waals surface area contributed by atoms with Crippen molar-refractivity contribution in [2.45, 2.75) is 38.7 Å². The molecule has 3 N–H and O–H groups in total. The molecular formula is C11H22N2O2. The highest BCUT2D eigenvalue weighted by atomic mass is 16.3. The summed E-state index contributed by atoms with van der Waals surface area (Å²) in [5.74, 6) is 0.606. The molecule has 15 heavy (non-hydrogen) atoms. The Kier molecular flexibility index (Phi) is 5.65. The summed E-state index contributed by atoms with van der Waals surface area (Å²) in [6, 6.07) is 0. The number of hydrogen-bond acceptors (Lipinski definition) is 3. The Labute approximate surface area is 91.4 Å². The van der Waals surface area contributed by atoms with Gasteiger partial charge in [0.25, 0.3) is 0 Å². The molecule has 1 amide bonds. The average molecular weight is 214 g/mol. The first kappa shape index (κ1) is 12.5. The molecule has 1 aliphatic carbocycles. The first-order valence-corrected chi connectivity index (χ1v) is 5.87. The smallest absolute Gasteiger partial charge is 0.233 e. The van der Waals surface area contributed by atoms with Crippen LogP contribution < -0.4 is 10.6 Å². The van der Waals surface area contributed by atoms with Crippen molar-refractivity contribution in [2.24, 2.45) is 5.92 Å². The van der Waals surface area contributed by atoms with Crippen molar-refractivity contribution in [2.75, 3.05) is 19.6 Å². The summed E-state index contributed by atoms with van der Waals surface area (Å²) in [5.41, 5.74) is 0. The maximum Gasteiger partial charge on any atom is 0.233 e. The number of aliphatic hydroxyl groups is 1. The first-order valence-electron chi connectivity index (χ1n) is 5.87. The molecule has 1 aliphatic rings. The van der Waals surface area contributed by atoms with Gasteiger partial charge in [-0.05, 0) is 38.1 Å². The van der Waals surface area contributed by atoms with Crippen LogP contribution in [0.5, 0.6) is 0 Å². The Hall–Kier alpha value is -0.610. The van der Waals surface area contributed by atoms with Crippen molar-refractivity contribution in [3.8, 4) is 0 Å². The molecule has 2 atom stereocenters. The van der Waals surface area contributed by atoms with Gasteiger partial charge in [0.1, 0.15) is 0 Å². The molecule has 0 bridgehead atoms. The Bertz CT molecular complexity index is 197. The summed E-state index contributed by atoms with van der Waals surface area (Å²) < 4.78 is 0. The van der Waals surface area contributed by atoms with Crippen LogP contribution in [0.15, 0.2) is 0 Å². The van der Waals surface area contributed by atoms with Gasteiger partial charge in [0.15, 0.2) is 0 Å². The lowest BCUT2D eigenvalue weighted by atomic mass is 10.1. The molecule has 0 heterocycles. The quantitative estimate of drug-likeness (QED) is 0.594. The van der Waals surface area contributed by atoms with E-state index in [1.165, 1.54) is 0 Å². The first-order chi connectivity index (χ1) is 7.22. The summed E-state index contributed by atoms with van der Waals surface area (Å²) >= 11 is 0. The highest BCUT2D eigenvalue weighted by Crippen LogP contribution is 2.24. The van der Waals surface area contributed by atoms with Gasteiger partial charge >= 0.3 is 0 Å². The number of carbonyl (C=O) groups is 1. The second-order valence-corrected chi connectivity index (χ2v) is 4.31. The molecule has 4 nitrogen and oxygen atoms in total. The largest absolute Gasteiger partial charge is 0.393 e. The van der Waals surface area contributed by atoms with Crippen LogP contribution >= 0.6 is 0 Å². The molecule has 0 aromatic carbocycles. The number of nitrogens with one attached hydrogen (secondary N) is 2. The van der Waals surface area contributed by atoms with Gasteiger partial charge in [0, 0.05) is 6.54 Å². The van der Waals surface area contributed by atoms with E-state index < -0.39 is 0 Å². The van der Waals surface area contributed by atoms with Gasteiger partial charge in [-0.25, -0.2) is 0 Å². The molecule has 0 saturated heterocycles.